The van der Waals surface area contributed by atoms with E-state index in [0.717, 1.165) is 50.3 Å². The number of nitrogens with zero attached hydrogens (tertiary/aromatic N) is 2. The van der Waals surface area contributed by atoms with Crippen LogP contribution in [0.15, 0.2) is 48.5 Å². The molecule has 29 heavy (non-hydrogen) atoms. The summed E-state index contributed by atoms with van der Waals surface area (Å²) in [5.74, 6) is 0.0259. The van der Waals surface area contributed by atoms with Crippen molar-refractivity contribution in [3.8, 4) is 0 Å². The molecular weight excluding hydrogens is 362 g/mol. The molecule has 2 aliphatic rings. The second-order valence-corrected chi connectivity index (χ2v) is 8.00. The molecule has 2 aromatic rings. The van der Waals surface area contributed by atoms with E-state index in [2.05, 4.69) is 16.3 Å². The molecule has 1 N–H and O–H groups in total. The van der Waals surface area contributed by atoms with Gasteiger partial charge in [0.1, 0.15) is 0 Å². The van der Waals surface area contributed by atoms with Crippen LogP contribution in [0.5, 0.6) is 0 Å². The SMILES string of the molecule is O=C(CN1CCCCC1)Nc1ccc(C(=O)N2CCCCc3ccccc32)cc1. The van der Waals surface area contributed by atoms with Gasteiger partial charge in [0.15, 0.2) is 0 Å². The minimum Gasteiger partial charge on any atom is -0.325 e. The number of anilines is 2. The number of fused-ring (bicyclic) bond motifs is 1. The lowest BCUT2D eigenvalue weighted by Crippen LogP contribution is -2.36. The summed E-state index contributed by atoms with van der Waals surface area (Å²) >= 11 is 0. The number of aryl methyl sites for hydroxylation is 1. The largest absolute Gasteiger partial charge is 0.325 e. The van der Waals surface area contributed by atoms with Crippen molar-refractivity contribution < 1.29 is 9.59 Å². The number of hydrogen-bond acceptors (Lipinski definition) is 3. The van der Waals surface area contributed by atoms with Crippen LogP contribution in [0.25, 0.3) is 0 Å². The van der Waals surface area contributed by atoms with E-state index in [0.29, 0.717) is 12.1 Å². The van der Waals surface area contributed by atoms with Crippen LogP contribution in [-0.4, -0.2) is 42.9 Å². The minimum atomic E-state index is 0.00687. The fraction of sp³-hybridized carbons (Fsp3) is 0.417. The maximum atomic E-state index is 13.1. The van der Waals surface area contributed by atoms with Crippen molar-refractivity contribution in [1.82, 2.24) is 4.90 Å². The second kappa shape index (κ2) is 9.23. The topological polar surface area (TPSA) is 52.7 Å². The van der Waals surface area contributed by atoms with Gasteiger partial charge < -0.3 is 10.2 Å². The van der Waals surface area contributed by atoms with Crippen molar-refractivity contribution in [2.75, 3.05) is 36.4 Å². The number of rotatable bonds is 4. The Bertz CT molecular complexity index is 857. The van der Waals surface area contributed by atoms with Gasteiger partial charge in [-0.1, -0.05) is 24.6 Å². The van der Waals surface area contributed by atoms with Crippen molar-refractivity contribution in [3.05, 3.63) is 59.7 Å². The van der Waals surface area contributed by atoms with Gasteiger partial charge in [0.25, 0.3) is 5.91 Å². The molecule has 0 radical (unpaired) electrons. The van der Waals surface area contributed by atoms with Crippen LogP contribution < -0.4 is 10.2 Å². The first kappa shape index (κ1) is 19.6. The van der Waals surface area contributed by atoms with Crippen LogP contribution in [-0.2, 0) is 11.2 Å². The summed E-state index contributed by atoms with van der Waals surface area (Å²) in [6.07, 6.45) is 6.72. The molecule has 0 aromatic heterocycles. The number of hydrogen-bond donors (Lipinski definition) is 1. The maximum Gasteiger partial charge on any atom is 0.258 e. The van der Waals surface area contributed by atoms with Crippen LogP contribution in [0, 0.1) is 0 Å². The third kappa shape index (κ3) is 4.85. The Hall–Kier alpha value is -2.66. The fourth-order valence-corrected chi connectivity index (χ4v) is 4.28. The Kier molecular flexibility index (Phi) is 6.25. The molecule has 1 saturated heterocycles. The fourth-order valence-electron chi connectivity index (χ4n) is 4.28. The van der Waals surface area contributed by atoms with Crippen molar-refractivity contribution in [2.45, 2.75) is 38.5 Å². The lowest BCUT2D eigenvalue weighted by molar-refractivity contribution is -0.117. The zero-order valence-corrected chi connectivity index (χ0v) is 16.9. The first-order chi connectivity index (χ1) is 14.2. The summed E-state index contributed by atoms with van der Waals surface area (Å²) in [6.45, 7) is 3.17. The Morgan fingerprint density at radius 1 is 0.828 bits per heavy atom. The highest BCUT2D eigenvalue weighted by Gasteiger charge is 2.22. The van der Waals surface area contributed by atoms with Gasteiger partial charge in [-0.15, -0.1) is 0 Å². The standard InChI is InChI=1S/C24H29N3O2/c28-23(18-26-15-5-1-6-16-26)25-21-13-11-20(12-14-21)24(29)27-17-7-4-9-19-8-2-3-10-22(19)27/h2-3,8,10-14H,1,4-7,9,15-18H2,(H,25,28). The summed E-state index contributed by atoms with van der Waals surface area (Å²) in [7, 11) is 0. The first-order valence-electron chi connectivity index (χ1n) is 10.7. The first-order valence-corrected chi connectivity index (χ1v) is 10.7. The zero-order chi connectivity index (χ0) is 20.1. The molecule has 2 aliphatic heterocycles. The number of piperidine rings is 1. The lowest BCUT2D eigenvalue weighted by atomic mass is 10.1. The molecule has 0 saturated carbocycles. The van der Waals surface area contributed by atoms with Crippen molar-refractivity contribution >= 4 is 23.2 Å². The van der Waals surface area contributed by atoms with Crippen LogP contribution in [0.1, 0.15) is 48.0 Å². The number of nitrogens with one attached hydrogen (secondary N) is 1. The molecule has 5 nitrogen and oxygen atoms in total. The average molecular weight is 392 g/mol. The van der Waals surface area contributed by atoms with E-state index in [9.17, 15) is 9.59 Å². The van der Waals surface area contributed by atoms with Gasteiger partial charge in [-0.3, -0.25) is 14.5 Å². The van der Waals surface area contributed by atoms with Crippen molar-refractivity contribution in [1.29, 1.82) is 0 Å². The molecule has 2 heterocycles. The van der Waals surface area contributed by atoms with E-state index in [1.807, 2.05) is 47.4 Å². The minimum absolute atomic E-state index is 0.00687. The Labute approximate surface area is 172 Å². The molecule has 2 amide bonds. The van der Waals surface area contributed by atoms with E-state index in [-0.39, 0.29) is 11.8 Å². The summed E-state index contributed by atoms with van der Waals surface area (Å²) in [4.78, 5) is 29.5. The van der Waals surface area contributed by atoms with Gasteiger partial charge in [0.05, 0.1) is 6.54 Å². The van der Waals surface area contributed by atoms with Gasteiger partial charge in [0, 0.05) is 23.5 Å². The molecule has 0 aliphatic carbocycles. The highest BCUT2D eigenvalue weighted by molar-refractivity contribution is 6.07. The van der Waals surface area contributed by atoms with Crippen LogP contribution in [0.3, 0.4) is 0 Å². The molecule has 152 valence electrons. The molecule has 4 rings (SSSR count). The van der Waals surface area contributed by atoms with E-state index in [1.165, 1.54) is 24.8 Å². The van der Waals surface area contributed by atoms with Gasteiger partial charge in [0.2, 0.25) is 5.91 Å². The second-order valence-electron chi connectivity index (χ2n) is 8.00. The van der Waals surface area contributed by atoms with E-state index in [1.54, 1.807) is 0 Å². The van der Waals surface area contributed by atoms with Crippen molar-refractivity contribution in [2.24, 2.45) is 0 Å². The number of carbonyl (C=O) groups is 2. The smallest absolute Gasteiger partial charge is 0.258 e. The summed E-state index contributed by atoms with van der Waals surface area (Å²) in [5, 5.41) is 2.96. The molecule has 0 unspecified atom stereocenters. The molecule has 1 fully saturated rings. The number of amides is 2. The number of para-hydroxylation sites is 1. The Morgan fingerprint density at radius 3 is 2.34 bits per heavy atom. The van der Waals surface area contributed by atoms with Gasteiger partial charge >= 0.3 is 0 Å². The Balaban J connectivity index is 1.41. The van der Waals surface area contributed by atoms with Gasteiger partial charge in [-0.05, 0) is 81.1 Å². The molecule has 2 aromatic carbocycles. The van der Waals surface area contributed by atoms with E-state index in [4.69, 9.17) is 0 Å². The molecule has 5 heteroatoms. The normalized spacial score (nSPS) is 17.3. The number of benzene rings is 2. The summed E-state index contributed by atoms with van der Waals surface area (Å²) in [6, 6.07) is 15.4. The summed E-state index contributed by atoms with van der Waals surface area (Å²) in [5.41, 5.74) is 3.64. The zero-order valence-electron chi connectivity index (χ0n) is 16.9. The van der Waals surface area contributed by atoms with Crippen molar-refractivity contribution in [3.63, 3.8) is 0 Å². The van der Waals surface area contributed by atoms with Gasteiger partial charge in [-0.2, -0.15) is 0 Å². The third-order valence-electron chi connectivity index (χ3n) is 5.84. The highest BCUT2D eigenvalue weighted by Crippen LogP contribution is 2.27. The average Bonchev–Trinajstić information content (AvgIpc) is 2.97. The van der Waals surface area contributed by atoms with E-state index >= 15 is 0 Å². The van der Waals surface area contributed by atoms with Crippen LogP contribution in [0.4, 0.5) is 11.4 Å². The molecular formula is C24H29N3O2. The number of likely N-dealkylation sites (tertiary alicyclic amines) is 1. The van der Waals surface area contributed by atoms with Crippen LogP contribution in [0.2, 0.25) is 0 Å². The van der Waals surface area contributed by atoms with Crippen LogP contribution >= 0.6 is 0 Å². The molecule has 0 atom stereocenters. The predicted octanol–water partition coefficient (Wildman–Crippen LogP) is 4.09. The molecule has 0 spiro atoms. The highest BCUT2D eigenvalue weighted by atomic mass is 16.2. The monoisotopic (exact) mass is 391 g/mol. The third-order valence-corrected chi connectivity index (χ3v) is 5.84. The quantitative estimate of drug-likeness (QED) is 0.854. The lowest BCUT2D eigenvalue weighted by Gasteiger charge is -2.25. The molecule has 0 bridgehead atoms. The summed E-state index contributed by atoms with van der Waals surface area (Å²) < 4.78 is 0. The van der Waals surface area contributed by atoms with Gasteiger partial charge in [-0.25, -0.2) is 0 Å². The number of carbonyl (C=O) groups excluding carboxylic acids is 2. The maximum absolute atomic E-state index is 13.1. The van der Waals surface area contributed by atoms with E-state index < -0.39 is 0 Å². The Morgan fingerprint density at radius 2 is 1.55 bits per heavy atom. The predicted molar refractivity (Wildman–Crippen MR) is 116 cm³/mol.